The van der Waals surface area contributed by atoms with E-state index in [1.165, 1.54) is 0 Å². The van der Waals surface area contributed by atoms with E-state index in [2.05, 4.69) is 117 Å². The van der Waals surface area contributed by atoms with Crippen LogP contribution in [0, 0.1) is 0 Å². The number of ether oxygens (including phenoxy) is 3. The van der Waals surface area contributed by atoms with Gasteiger partial charge in [0.1, 0.15) is 27.7 Å². The highest BCUT2D eigenvalue weighted by Crippen LogP contribution is 2.45. The van der Waals surface area contributed by atoms with E-state index in [-0.39, 0.29) is 16.8 Å². The van der Waals surface area contributed by atoms with Crippen molar-refractivity contribution < 1.29 is 14.2 Å². The standard InChI is InChI=1S/C30H39O3S/c1-28(2,3)31-22-16-10-13-19-25(22)34(26-20-14-11-17-23(26)32-29(4,5)6)27-21-15-12-18-24(27)33-30(7,8)9/h10-21H,1-9H3/q+1. The normalized spacial score (nSPS) is 12.5. The summed E-state index contributed by atoms with van der Waals surface area (Å²) in [7, 11) is -0.528. The third-order valence-electron chi connectivity index (χ3n) is 4.46. The fourth-order valence-electron chi connectivity index (χ4n) is 3.45. The van der Waals surface area contributed by atoms with Gasteiger partial charge < -0.3 is 14.2 Å². The Morgan fingerprint density at radius 2 is 0.647 bits per heavy atom. The Labute approximate surface area is 208 Å². The number of hydrogen-bond acceptors (Lipinski definition) is 3. The van der Waals surface area contributed by atoms with Crippen LogP contribution in [-0.4, -0.2) is 16.8 Å². The highest BCUT2D eigenvalue weighted by Gasteiger charge is 2.39. The van der Waals surface area contributed by atoms with E-state index in [0.717, 1.165) is 31.9 Å². The summed E-state index contributed by atoms with van der Waals surface area (Å²) in [5.41, 5.74) is -0.976. The second-order valence-electron chi connectivity index (χ2n) is 11.3. The van der Waals surface area contributed by atoms with E-state index in [9.17, 15) is 0 Å². The van der Waals surface area contributed by atoms with Gasteiger partial charge in [-0.3, -0.25) is 0 Å². The zero-order valence-corrected chi connectivity index (χ0v) is 22.9. The molecule has 0 amide bonds. The average molecular weight is 480 g/mol. The van der Waals surface area contributed by atoms with E-state index in [1.807, 2.05) is 18.2 Å². The lowest BCUT2D eigenvalue weighted by molar-refractivity contribution is 0.126. The van der Waals surface area contributed by atoms with Gasteiger partial charge in [0.25, 0.3) is 0 Å². The van der Waals surface area contributed by atoms with Gasteiger partial charge in [0.2, 0.25) is 14.7 Å². The quantitative estimate of drug-likeness (QED) is 0.333. The van der Waals surface area contributed by atoms with Gasteiger partial charge in [-0.2, -0.15) is 0 Å². The molecule has 0 aliphatic heterocycles. The second-order valence-corrected chi connectivity index (χ2v) is 13.2. The molecule has 0 saturated heterocycles. The van der Waals surface area contributed by atoms with Crippen molar-refractivity contribution in [2.24, 2.45) is 0 Å². The summed E-state index contributed by atoms with van der Waals surface area (Å²) < 4.78 is 19.4. The summed E-state index contributed by atoms with van der Waals surface area (Å²) in [6, 6.07) is 25.0. The van der Waals surface area contributed by atoms with Gasteiger partial charge >= 0.3 is 0 Å². The lowest BCUT2D eigenvalue weighted by Crippen LogP contribution is -2.26. The Morgan fingerprint density at radius 1 is 0.412 bits per heavy atom. The van der Waals surface area contributed by atoms with Gasteiger partial charge in [0.05, 0.1) is 0 Å². The Balaban J connectivity index is 2.30. The van der Waals surface area contributed by atoms with E-state index in [4.69, 9.17) is 14.2 Å². The Bertz CT molecular complexity index is 959. The minimum absolute atomic E-state index is 0.325. The van der Waals surface area contributed by atoms with Crippen LogP contribution in [0.4, 0.5) is 0 Å². The van der Waals surface area contributed by atoms with Gasteiger partial charge in [0, 0.05) is 0 Å². The van der Waals surface area contributed by atoms with Crippen molar-refractivity contribution >= 4 is 10.9 Å². The first-order valence-corrected chi connectivity index (χ1v) is 13.0. The lowest BCUT2D eigenvalue weighted by atomic mass is 10.2. The molecule has 3 aromatic carbocycles. The Morgan fingerprint density at radius 3 is 0.882 bits per heavy atom. The van der Waals surface area contributed by atoms with Gasteiger partial charge in [0.15, 0.2) is 17.2 Å². The molecule has 3 aromatic rings. The van der Waals surface area contributed by atoms with Crippen LogP contribution in [0.25, 0.3) is 0 Å². The summed E-state index contributed by atoms with van der Waals surface area (Å²) in [5.74, 6) is 2.61. The topological polar surface area (TPSA) is 27.7 Å². The van der Waals surface area contributed by atoms with Crippen LogP contribution in [0.3, 0.4) is 0 Å². The summed E-state index contributed by atoms with van der Waals surface area (Å²) in [5, 5.41) is 0. The first kappa shape index (κ1) is 26.0. The molecule has 34 heavy (non-hydrogen) atoms. The largest absolute Gasteiger partial charge is 0.483 e. The van der Waals surface area contributed by atoms with Crippen LogP contribution < -0.4 is 14.2 Å². The molecule has 3 nitrogen and oxygen atoms in total. The lowest BCUT2D eigenvalue weighted by Gasteiger charge is -2.26. The molecule has 0 N–H and O–H groups in total. The summed E-state index contributed by atoms with van der Waals surface area (Å²) in [6.45, 7) is 18.7. The molecule has 3 rings (SSSR count). The molecule has 0 unspecified atom stereocenters. The predicted octanol–water partition coefficient (Wildman–Crippen LogP) is 8.31. The first-order chi connectivity index (χ1) is 15.7. The number of rotatable bonds is 6. The molecule has 0 saturated carbocycles. The molecule has 0 heterocycles. The fourth-order valence-corrected chi connectivity index (χ4v) is 5.74. The highest BCUT2D eigenvalue weighted by atomic mass is 32.2. The smallest absolute Gasteiger partial charge is 0.208 e. The molecule has 0 spiro atoms. The first-order valence-electron chi connectivity index (χ1n) is 11.8. The van der Waals surface area contributed by atoms with Gasteiger partial charge in [-0.25, -0.2) is 0 Å². The zero-order chi connectivity index (χ0) is 25.1. The third kappa shape index (κ3) is 7.20. The molecule has 182 valence electrons. The van der Waals surface area contributed by atoms with Gasteiger partial charge in [-0.15, -0.1) is 0 Å². The Kier molecular flexibility index (Phi) is 7.62. The number of para-hydroxylation sites is 3. The molecule has 0 fully saturated rings. The summed E-state index contributed by atoms with van der Waals surface area (Å²) >= 11 is 0. The molecule has 0 aromatic heterocycles. The minimum Gasteiger partial charge on any atom is -0.483 e. The zero-order valence-electron chi connectivity index (χ0n) is 22.1. The third-order valence-corrected chi connectivity index (χ3v) is 6.79. The van der Waals surface area contributed by atoms with Crippen LogP contribution in [0.1, 0.15) is 62.3 Å². The summed E-state index contributed by atoms with van der Waals surface area (Å²) in [4.78, 5) is 3.31. The Hall–Kier alpha value is -2.59. The van der Waals surface area contributed by atoms with Crippen molar-refractivity contribution in [3.63, 3.8) is 0 Å². The molecule has 0 aliphatic rings. The van der Waals surface area contributed by atoms with Gasteiger partial charge in [-0.1, -0.05) is 36.4 Å². The van der Waals surface area contributed by atoms with Crippen LogP contribution in [-0.2, 0) is 10.9 Å². The van der Waals surface area contributed by atoms with E-state index in [0.29, 0.717) is 0 Å². The van der Waals surface area contributed by atoms with E-state index < -0.39 is 10.9 Å². The fraction of sp³-hybridized carbons (Fsp3) is 0.400. The molecule has 0 bridgehead atoms. The SMILES string of the molecule is CC(C)(C)Oc1ccccc1[S+](c1ccccc1OC(C)(C)C)c1ccccc1OC(C)(C)C. The maximum Gasteiger partial charge on any atom is 0.208 e. The van der Waals surface area contributed by atoms with Crippen molar-refractivity contribution in [3.05, 3.63) is 72.8 Å². The van der Waals surface area contributed by atoms with Crippen LogP contribution in [0.15, 0.2) is 87.5 Å². The molecular weight excluding hydrogens is 440 g/mol. The van der Waals surface area contributed by atoms with Crippen molar-refractivity contribution in [2.75, 3.05) is 0 Å². The molecular formula is C30H39O3S+. The van der Waals surface area contributed by atoms with Crippen molar-refractivity contribution in [1.82, 2.24) is 0 Å². The predicted molar refractivity (Wildman–Crippen MR) is 143 cm³/mol. The maximum absolute atomic E-state index is 6.46. The van der Waals surface area contributed by atoms with E-state index >= 15 is 0 Å². The molecule has 0 radical (unpaired) electrons. The second kappa shape index (κ2) is 9.95. The van der Waals surface area contributed by atoms with Crippen LogP contribution >= 0.6 is 0 Å². The molecule has 0 atom stereocenters. The van der Waals surface area contributed by atoms with Crippen molar-refractivity contribution in [1.29, 1.82) is 0 Å². The van der Waals surface area contributed by atoms with Gasteiger partial charge in [-0.05, 0) is 98.7 Å². The molecule has 4 heteroatoms. The monoisotopic (exact) mass is 479 g/mol. The molecule has 0 aliphatic carbocycles. The number of hydrogen-bond donors (Lipinski definition) is 0. The highest BCUT2D eigenvalue weighted by molar-refractivity contribution is 7.97. The van der Waals surface area contributed by atoms with Crippen molar-refractivity contribution in [2.45, 2.75) is 93.8 Å². The van der Waals surface area contributed by atoms with Crippen LogP contribution in [0.5, 0.6) is 17.2 Å². The van der Waals surface area contributed by atoms with E-state index in [1.54, 1.807) is 0 Å². The van der Waals surface area contributed by atoms with Crippen molar-refractivity contribution in [3.8, 4) is 17.2 Å². The number of benzene rings is 3. The average Bonchev–Trinajstić information content (AvgIpc) is 2.68. The minimum atomic E-state index is -0.528. The summed E-state index contributed by atoms with van der Waals surface area (Å²) in [6.07, 6.45) is 0. The maximum atomic E-state index is 6.46. The van der Waals surface area contributed by atoms with Crippen LogP contribution in [0.2, 0.25) is 0 Å².